The highest BCUT2D eigenvalue weighted by Gasteiger charge is 2.18. The largest absolute Gasteiger partial charge is 0.489 e. The molecule has 5 N–H and O–H groups in total. The van der Waals surface area contributed by atoms with Crippen molar-refractivity contribution in [1.29, 1.82) is 5.41 Å². The second kappa shape index (κ2) is 10.5. The number of amidine groups is 1. The van der Waals surface area contributed by atoms with Crippen LogP contribution in [-0.4, -0.2) is 29.4 Å². The van der Waals surface area contributed by atoms with Crippen molar-refractivity contribution < 1.29 is 19.4 Å². The first-order chi connectivity index (χ1) is 15.8. The monoisotopic (exact) mass is 445 g/mol. The summed E-state index contributed by atoms with van der Waals surface area (Å²) in [6.45, 7) is 4.70. The summed E-state index contributed by atoms with van der Waals surface area (Å²) < 4.78 is 5.88. The lowest BCUT2D eigenvalue weighted by atomic mass is 9.94. The van der Waals surface area contributed by atoms with Crippen molar-refractivity contribution in [3.05, 3.63) is 89.0 Å². The maximum absolute atomic E-state index is 12.4. The molecule has 0 fully saturated rings. The molecule has 7 heteroatoms. The Morgan fingerprint density at radius 2 is 1.67 bits per heavy atom. The minimum atomic E-state index is -1.11. The van der Waals surface area contributed by atoms with E-state index in [1.807, 2.05) is 38.1 Å². The van der Waals surface area contributed by atoms with Gasteiger partial charge in [0.1, 0.15) is 18.2 Å². The van der Waals surface area contributed by atoms with Crippen LogP contribution in [-0.2, 0) is 6.61 Å². The van der Waals surface area contributed by atoms with Crippen molar-refractivity contribution in [3.63, 3.8) is 0 Å². The van der Waals surface area contributed by atoms with E-state index in [2.05, 4.69) is 5.32 Å². The fraction of sp³-hybridized carbons (Fsp3) is 0.192. The molecule has 7 nitrogen and oxygen atoms in total. The van der Waals surface area contributed by atoms with Crippen LogP contribution in [0, 0.1) is 11.3 Å². The molecule has 0 aliphatic carbocycles. The molecule has 0 radical (unpaired) electrons. The van der Waals surface area contributed by atoms with E-state index in [1.54, 1.807) is 36.4 Å². The number of nitrogen functional groups attached to an aromatic ring is 1. The minimum Gasteiger partial charge on any atom is -0.489 e. The van der Waals surface area contributed by atoms with Crippen molar-refractivity contribution in [2.75, 3.05) is 6.54 Å². The van der Waals surface area contributed by atoms with Gasteiger partial charge in [0.25, 0.3) is 5.91 Å². The van der Waals surface area contributed by atoms with Crippen LogP contribution in [0.3, 0.4) is 0 Å². The van der Waals surface area contributed by atoms with E-state index in [9.17, 15) is 14.7 Å². The number of carbonyl (C=O) groups is 2. The number of hydrogen-bond donors (Lipinski definition) is 4. The van der Waals surface area contributed by atoms with Crippen molar-refractivity contribution in [1.82, 2.24) is 5.32 Å². The molecule has 170 valence electrons. The third-order valence-electron chi connectivity index (χ3n) is 5.05. The van der Waals surface area contributed by atoms with Gasteiger partial charge in [-0.2, -0.15) is 0 Å². The van der Waals surface area contributed by atoms with Crippen molar-refractivity contribution in [3.8, 4) is 16.9 Å². The van der Waals surface area contributed by atoms with Crippen LogP contribution in [0.4, 0.5) is 0 Å². The Labute approximate surface area is 192 Å². The van der Waals surface area contributed by atoms with Crippen molar-refractivity contribution in [2.24, 2.45) is 11.7 Å². The highest BCUT2D eigenvalue weighted by atomic mass is 16.5. The van der Waals surface area contributed by atoms with E-state index < -0.39 is 5.97 Å². The second-order valence-corrected chi connectivity index (χ2v) is 8.05. The Balaban J connectivity index is 1.87. The summed E-state index contributed by atoms with van der Waals surface area (Å²) in [6, 6.07) is 19.0. The summed E-state index contributed by atoms with van der Waals surface area (Å²) in [4.78, 5) is 24.4. The van der Waals surface area contributed by atoms with Gasteiger partial charge in [0.05, 0.1) is 5.56 Å². The van der Waals surface area contributed by atoms with E-state index in [0.29, 0.717) is 34.5 Å². The van der Waals surface area contributed by atoms with E-state index in [0.717, 1.165) is 5.56 Å². The molecule has 3 aromatic carbocycles. The number of ether oxygens (including phenoxy) is 1. The zero-order valence-electron chi connectivity index (χ0n) is 18.6. The van der Waals surface area contributed by atoms with Gasteiger partial charge in [-0.1, -0.05) is 44.2 Å². The molecule has 1 amide bonds. The number of nitrogens with two attached hydrogens (primary N) is 1. The van der Waals surface area contributed by atoms with Crippen LogP contribution in [0.1, 0.15) is 45.7 Å². The fourth-order valence-corrected chi connectivity index (χ4v) is 3.30. The summed E-state index contributed by atoms with van der Waals surface area (Å²) in [6.07, 6.45) is 0. The molecule has 0 saturated carbocycles. The lowest BCUT2D eigenvalue weighted by Crippen LogP contribution is -2.27. The number of nitrogens with one attached hydrogen (secondary N) is 2. The molecule has 3 rings (SSSR count). The molecule has 33 heavy (non-hydrogen) atoms. The van der Waals surface area contributed by atoms with E-state index in [1.165, 1.54) is 6.07 Å². The Bertz CT molecular complexity index is 1170. The summed E-state index contributed by atoms with van der Waals surface area (Å²) in [5.41, 5.74) is 8.45. The van der Waals surface area contributed by atoms with Gasteiger partial charge in [0.2, 0.25) is 0 Å². The van der Waals surface area contributed by atoms with Gasteiger partial charge >= 0.3 is 5.97 Å². The number of carbonyl (C=O) groups excluding carboxylic acids is 1. The Hall–Kier alpha value is -4.13. The lowest BCUT2D eigenvalue weighted by Gasteiger charge is -2.15. The normalized spacial score (nSPS) is 10.6. The van der Waals surface area contributed by atoms with E-state index >= 15 is 0 Å². The van der Waals surface area contributed by atoms with Crippen LogP contribution in [0.5, 0.6) is 5.75 Å². The molecule has 0 bridgehead atoms. The average molecular weight is 446 g/mol. The van der Waals surface area contributed by atoms with Crippen LogP contribution in [0.25, 0.3) is 11.1 Å². The molecule has 0 heterocycles. The molecule has 3 aromatic rings. The minimum absolute atomic E-state index is 0.0190. The van der Waals surface area contributed by atoms with Gasteiger partial charge in [-0.05, 0) is 59.0 Å². The molecule has 0 aliphatic heterocycles. The summed E-state index contributed by atoms with van der Waals surface area (Å²) in [7, 11) is 0. The predicted octanol–water partition coefficient (Wildman–Crippen LogP) is 4.30. The smallest absolute Gasteiger partial charge is 0.336 e. The maximum Gasteiger partial charge on any atom is 0.336 e. The quantitative estimate of drug-likeness (QED) is 0.289. The fourth-order valence-electron chi connectivity index (χ4n) is 3.30. The Morgan fingerprint density at radius 3 is 2.30 bits per heavy atom. The van der Waals surface area contributed by atoms with Crippen LogP contribution in [0.15, 0.2) is 66.7 Å². The molecule has 0 unspecified atom stereocenters. The number of hydrogen-bond acceptors (Lipinski definition) is 4. The first-order valence-electron chi connectivity index (χ1n) is 10.6. The van der Waals surface area contributed by atoms with Crippen LogP contribution in [0.2, 0.25) is 0 Å². The molecular weight excluding hydrogens is 418 g/mol. The van der Waals surface area contributed by atoms with Crippen molar-refractivity contribution >= 4 is 17.7 Å². The predicted molar refractivity (Wildman–Crippen MR) is 128 cm³/mol. The van der Waals surface area contributed by atoms with Gasteiger partial charge in [-0.15, -0.1) is 0 Å². The molecule has 0 aliphatic rings. The molecular formula is C26H27N3O4. The third-order valence-corrected chi connectivity index (χ3v) is 5.05. The SMILES string of the molecule is CC(C)CNC(=O)c1ccc(-c2ccccc2COc2ccc(C(=N)N)cc2)c(C(=O)O)c1. The van der Waals surface area contributed by atoms with Crippen molar-refractivity contribution in [2.45, 2.75) is 20.5 Å². The molecule has 0 saturated heterocycles. The number of amides is 1. The average Bonchev–Trinajstić information content (AvgIpc) is 2.81. The maximum atomic E-state index is 12.4. The lowest BCUT2D eigenvalue weighted by molar-refractivity contribution is 0.0697. The second-order valence-electron chi connectivity index (χ2n) is 8.05. The number of benzene rings is 3. The van der Waals surface area contributed by atoms with E-state index in [4.69, 9.17) is 15.9 Å². The topological polar surface area (TPSA) is 126 Å². The summed E-state index contributed by atoms with van der Waals surface area (Å²) in [5, 5.41) is 20.1. The zero-order valence-corrected chi connectivity index (χ0v) is 18.6. The Kier molecular flexibility index (Phi) is 7.46. The molecule has 0 aromatic heterocycles. The van der Waals surface area contributed by atoms with Crippen LogP contribution < -0.4 is 15.8 Å². The third kappa shape index (κ3) is 5.98. The van der Waals surface area contributed by atoms with Gasteiger partial charge < -0.3 is 20.9 Å². The van der Waals surface area contributed by atoms with Gasteiger partial charge in [0, 0.05) is 17.7 Å². The highest BCUT2D eigenvalue weighted by molar-refractivity contribution is 6.01. The number of carboxylic acids is 1. The first kappa shape index (κ1) is 23.5. The number of rotatable bonds is 9. The molecule has 0 atom stereocenters. The van der Waals surface area contributed by atoms with E-state index in [-0.39, 0.29) is 29.8 Å². The van der Waals surface area contributed by atoms with Gasteiger partial charge in [-0.3, -0.25) is 10.2 Å². The van der Waals surface area contributed by atoms with Gasteiger partial charge in [0.15, 0.2) is 0 Å². The first-order valence-corrected chi connectivity index (χ1v) is 10.6. The summed E-state index contributed by atoms with van der Waals surface area (Å²) in [5.74, 6) is -0.542. The highest BCUT2D eigenvalue weighted by Crippen LogP contribution is 2.29. The summed E-state index contributed by atoms with van der Waals surface area (Å²) >= 11 is 0. The standard InChI is InChI=1S/C26H27N3O4/c1-16(2)14-29-25(30)18-9-12-22(23(13-18)26(31)32)21-6-4-3-5-19(21)15-33-20-10-7-17(8-11-20)24(27)28/h3-13,16H,14-15H2,1-2H3,(H3,27,28)(H,29,30)(H,31,32). The molecule has 0 spiro atoms. The number of aromatic carboxylic acids is 1. The number of carboxylic acid groups (broad SMARTS) is 1. The van der Waals surface area contributed by atoms with Crippen LogP contribution >= 0.6 is 0 Å². The Morgan fingerprint density at radius 1 is 1.00 bits per heavy atom. The zero-order chi connectivity index (χ0) is 24.0. The van der Waals surface area contributed by atoms with Gasteiger partial charge in [-0.25, -0.2) is 4.79 Å².